The molecule has 1 N–H and O–H groups in total. The average Bonchev–Trinajstić information content (AvgIpc) is 2.55. The van der Waals surface area contributed by atoms with Crippen LogP contribution >= 0.6 is 0 Å². The molecule has 0 bridgehead atoms. The summed E-state index contributed by atoms with van der Waals surface area (Å²) in [5, 5.41) is 12.8. The van der Waals surface area contributed by atoms with Crippen LogP contribution < -0.4 is 0 Å². The van der Waals surface area contributed by atoms with E-state index in [2.05, 4.69) is 10.0 Å². The SMILES string of the molecule is CC(C)(C)OC(=O)N1C[C@H](N=[N+]=[N-])C[C@@]1(C)C(=O)O. The van der Waals surface area contributed by atoms with Crippen molar-refractivity contribution in [1.29, 1.82) is 0 Å². The van der Waals surface area contributed by atoms with Crippen molar-refractivity contribution < 1.29 is 19.4 Å². The van der Waals surface area contributed by atoms with E-state index in [-0.39, 0.29) is 13.0 Å². The van der Waals surface area contributed by atoms with Crippen LogP contribution in [0.2, 0.25) is 0 Å². The van der Waals surface area contributed by atoms with Gasteiger partial charge in [0, 0.05) is 11.5 Å². The molecule has 0 spiro atoms. The maximum Gasteiger partial charge on any atom is 0.411 e. The molecule has 8 heteroatoms. The van der Waals surface area contributed by atoms with Gasteiger partial charge in [-0.3, -0.25) is 4.90 Å². The number of aliphatic carboxylic acids is 1. The summed E-state index contributed by atoms with van der Waals surface area (Å²) >= 11 is 0. The van der Waals surface area contributed by atoms with Gasteiger partial charge in [-0.1, -0.05) is 5.11 Å². The zero-order valence-corrected chi connectivity index (χ0v) is 11.5. The molecule has 0 radical (unpaired) electrons. The molecule has 0 aromatic rings. The summed E-state index contributed by atoms with van der Waals surface area (Å²) in [6.45, 7) is 6.56. The Kier molecular flexibility index (Phi) is 3.95. The van der Waals surface area contributed by atoms with E-state index in [4.69, 9.17) is 10.3 Å². The van der Waals surface area contributed by atoms with Gasteiger partial charge in [-0.25, -0.2) is 9.59 Å². The smallest absolute Gasteiger partial charge is 0.411 e. The predicted octanol–water partition coefficient (Wildman–Crippen LogP) is 2.15. The molecule has 0 unspecified atom stereocenters. The largest absolute Gasteiger partial charge is 0.480 e. The minimum Gasteiger partial charge on any atom is -0.480 e. The van der Waals surface area contributed by atoms with Gasteiger partial charge in [0.05, 0.1) is 6.04 Å². The van der Waals surface area contributed by atoms with Gasteiger partial charge in [0.1, 0.15) is 11.1 Å². The van der Waals surface area contributed by atoms with Gasteiger partial charge < -0.3 is 9.84 Å². The Labute approximate surface area is 111 Å². The number of nitrogens with zero attached hydrogens (tertiary/aromatic N) is 4. The molecule has 1 saturated heterocycles. The third-order valence-electron chi connectivity index (χ3n) is 2.91. The Morgan fingerprint density at radius 1 is 1.53 bits per heavy atom. The second kappa shape index (κ2) is 4.97. The molecule has 1 heterocycles. The van der Waals surface area contributed by atoms with E-state index in [1.165, 1.54) is 6.92 Å². The van der Waals surface area contributed by atoms with E-state index in [1.807, 2.05) is 0 Å². The summed E-state index contributed by atoms with van der Waals surface area (Å²) in [7, 11) is 0. The van der Waals surface area contributed by atoms with Crippen molar-refractivity contribution in [1.82, 2.24) is 4.90 Å². The van der Waals surface area contributed by atoms with Crippen molar-refractivity contribution >= 4 is 12.1 Å². The number of azide groups is 1. The molecule has 106 valence electrons. The van der Waals surface area contributed by atoms with Crippen LogP contribution in [-0.2, 0) is 9.53 Å². The molecular weight excluding hydrogens is 252 g/mol. The molecule has 1 aliphatic heterocycles. The number of carbonyl (C=O) groups excluding carboxylic acids is 1. The number of hydrogen-bond donors (Lipinski definition) is 1. The summed E-state index contributed by atoms with van der Waals surface area (Å²) in [5.74, 6) is -1.14. The maximum absolute atomic E-state index is 12.0. The molecule has 0 aromatic carbocycles. The first-order valence-electron chi connectivity index (χ1n) is 5.88. The van der Waals surface area contributed by atoms with Crippen LogP contribution in [0, 0.1) is 0 Å². The van der Waals surface area contributed by atoms with Crippen LogP contribution in [0.4, 0.5) is 4.79 Å². The number of carboxylic acid groups (broad SMARTS) is 1. The molecule has 0 saturated carbocycles. The van der Waals surface area contributed by atoms with Crippen LogP contribution in [0.5, 0.6) is 0 Å². The Bertz CT molecular complexity index is 438. The van der Waals surface area contributed by atoms with Crippen molar-refractivity contribution in [3.8, 4) is 0 Å². The number of amides is 1. The number of likely N-dealkylation sites (tertiary alicyclic amines) is 1. The van der Waals surface area contributed by atoms with Crippen LogP contribution in [0.25, 0.3) is 10.4 Å². The highest BCUT2D eigenvalue weighted by atomic mass is 16.6. The van der Waals surface area contributed by atoms with Crippen molar-refractivity contribution in [2.45, 2.75) is 51.3 Å². The minimum absolute atomic E-state index is 0.0434. The Morgan fingerprint density at radius 2 is 2.11 bits per heavy atom. The fourth-order valence-corrected chi connectivity index (χ4v) is 1.99. The third kappa shape index (κ3) is 3.29. The van der Waals surface area contributed by atoms with Gasteiger partial charge >= 0.3 is 12.1 Å². The molecule has 0 aliphatic carbocycles. The first-order valence-corrected chi connectivity index (χ1v) is 5.88. The molecule has 1 amide bonds. The Morgan fingerprint density at radius 3 is 2.53 bits per heavy atom. The van der Waals surface area contributed by atoms with E-state index >= 15 is 0 Å². The van der Waals surface area contributed by atoms with Crippen molar-refractivity contribution in [3.05, 3.63) is 10.4 Å². The normalized spacial score (nSPS) is 26.7. The van der Waals surface area contributed by atoms with Gasteiger partial charge in [0.2, 0.25) is 0 Å². The Balaban J connectivity index is 2.99. The first kappa shape index (κ1) is 15.1. The number of rotatable bonds is 2. The van der Waals surface area contributed by atoms with Crippen molar-refractivity contribution in [2.24, 2.45) is 5.11 Å². The molecule has 8 nitrogen and oxygen atoms in total. The first-order chi connectivity index (χ1) is 8.60. The highest BCUT2D eigenvalue weighted by molar-refractivity contribution is 5.85. The predicted molar refractivity (Wildman–Crippen MR) is 66.5 cm³/mol. The van der Waals surface area contributed by atoms with E-state index < -0.39 is 29.2 Å². The fraction of sp³-hybridized carbons (Fsp3) is 0.818. The summed E-state index contributed by atoms with van der Waals surface area (Å²) in [5.41, 5.74) is 6.29. The summed E-state index contributed by atoms with van der Waals surface area (Å²) in [6.07, 6.45) is -0.640. The standard InChI is InChI=1S/C11H18N4O4/c1-10(2,3)19-9(18)15-6-7(13-14-12)5-11(15,4)8(16)17/h7H,5-6H2,1-4H3,(H,16,17)/t7-,11+/m1/s1. The van der Waals surface area contributed by atoms with Gasteiger partial charge in [0.15, 0.2) is 0 Å². The molecule has 2 atom stereocenters. The number of ether oxygens (including phenoxy) is 1. The van der Waals surface area contributed by atoms with E-state index in [0.29, 0.717) is 0 Å². The zero-order valence-electron chi connectivity index (χ0n) is 11.5. The summed E-state index contributed by atoms with van der Waals surface area (Å²) in [4.78, 5) is 27.2. The molecular formula is C11H18N4O4. The summed E-state index contributed by atoms with van der Waals surface area (Å²) in [6, 6.07) is -0.557. The quantitative estimate of drug-likeness (QED) is 0.470. The Hall–Kier alpha value is -1.95. The van der Waals surface area contributed by atoms with E-state index in [0.717, 1.165) is 4.90 Å². The van der Waals surface area contributed by atoms with Crippen LogP contribution in [-0.4, -0.2) is 45.8 Å². The number of carboxylic acids is 1. The molecule has 1 fully saturated rings. The van der Waals surface area contributed by atoms with Gasteiger partial charge in [0.25, 0.3) is 0 Å². The monoisotopic (exact) mass is 270 g/mol. The minimum atomic E-state index is -1.42. The van der Waals surface area contributed by atoms with Crippen LogP contribution in [0.1, 0.15) is 34.1 Å². The number of carbonyl (C=O) groups is 2. The molecule has 0 aromatic heterocycles. The highest BCUT2D eigenvalue weighted by Crippen LogP contribution is 2.32. The van der Waals surface area contributed by atoms with Crippen molar-refractivity contribution in [3.63, 3.8) is 0 Å². The second-order valence-corrected chi connectivity index (χ2v) is 5.73. The lowest BCUT2D eigenvalue weighted by Crippen LogP contribution is -2.52. The zero-order chi connectivity index (χ0) is 14.8. The average molecular weight is 270 g/mol. The number of hydrogen-bond acceptors (Lipinski definition) is 4. The third-order valence-corrected chi connectivity index (χ3v) is 2.91. The second-order valence-electron chi connectivity index (χ2n) is 5.73. The van der Waals surface area contributed by atoms with Crippen LogP contribution in [0.15, 0.2) is 5.11 Å². The van der Waals surface area contributed by atoms with E-state index in [1.54, 1.807) is 20.8 Å². The lowest BCUT2D eigenvalue weighted by molar-refractivity contribution is -0.148. The van der Waals surface area contributed by atoms with Crippen molar-refractivity contribution in [2.75, 3.05) is 6.54 Å². The lowest BCUT2D eigenvalue weighted by atomic mass is 9.98. The molecule has 19 heavy (non-hydrogen) atoms. The molecule has 1 aliphatic rings. The fourth-order valence-electron chi connectivity index (χ4n) is 1.99. The van der Waals surface area contributed by atoms with Gasteiger partial charge in [-0.2, -0.15) is 0 Å². The molecule has 1 rings (SSSR count). The maximum atomic E-state index is 12.0. The highest BCUT2D eigenvalue weighted by Gasteiger charge is 2.51. The lowest BCUT2D eigenvalue weighted by Gasteiger charge is -2.32. The van der Waals surface area contributed by atoms with Gasteiger partial charge in [-0.05, 0) is 39.6 Å². The topological polar surface area (TPSA) is 116 Å². The van der Waals surface area contributed by atoms with Gasteiger partial charge in [-0.15, -0.1) is 0 Å². The summed E-state index contributed by atoms with van der Waals surface area (Å²) < 4.78 is 5.18. The van der Waals surface area contributed by atoms with Crippen LogP contribution in [0.3, 0.4) is 0 Å². The van der Waals surface area contributed by atoms with E-state index in [9.17, 15) is 14.7 Å².